The minimum absolute atomic E-state index is 0.0299. The van der Waals surface area contributed by atoms with Crippen molar-refractivity contribution in [3.05, 3.63) is 29.3 Å². The second kappa shape index (κ2) is 9.52. The molecular formula is C19H34N4O. The second-order valence-corrected chi connectivity index (χ2v) is 6.89. The van der Waals surface area contributed by atoms with Gasteiger partial charge in [0, 0.05) is 18.6 Å². The van der Waals surface area contributed by atoms with Crippen LogP contribution < -0.4 is 15.4 Å². The molecule has 0 unspecified atom stereocenters. The lowest BCUT2D eigenvalue weighted by molar-refractivity contribution is 0.204. The summed E-state index contributed by atoms with van der Waals surface area (Å²) in [6.07, 6.45) is 0.895. The molecule has 0 amide bonds. The van der Waals surface area contributed by atoms with Gasteiger partial charge in [-0.05, 0) is 59.8 Å². The van der Waals surface area contributed by atoms with Gasteiger partial charge in [-0.1, -0.05) is 17.7 Å². The van der Waals surface area contributed by atoms with Gasteiger partial charge in [0.15, 0.2) is 5.96 Å². The first kappa shape index (κ1) is 20.3. The number of hydrogen-bond donors (Lipinski definition) is 2. The summed E-state index contributed by atoms with van der Waals surface area (Å²) in [5.41, 5.74) is 2.50. The molecule has 0 fully saturated rings. The lowest BCUT2D eigenvalue weighted by atomic mass is 10.1. The van der Waals surface area contributed by atoms with Crippen molar-refractivity contribution >= 4 is 5.96 Å². The first-order valence-electron chi connectivity index (χ1n) is 8.63. The summed E-state index contributed by atoms with van der Waals surface area (Å²) in [7, 11) is 5.89. The van der Waals surface area contributed by atoms with Gasteiger partial charge in [0.1, 0.15) is 5.75 Å². The van der Waals surface area contributed by atoms with Gasteiger partial charge in [0.2, 0.25) is 0 Å². The summed E-state index contributed by atoms with van der Waals surface area (Å²) in [5.74, 6) is 1.80. The number of aryl methyl sites for hydroxylation is 1. The maximum atomic E-state index is 5.44. The minimum Gasteiger partial charge on any atom is -0.496 e. The predicted octanol–water partition coefficient (Wildman–Crippen LogP) is 2.44. The number of ether oxygens (including phenoxy) is 1. The normalized spacial score (nSPS) is 12.4. The summed E-state index contributed by atoms with van der Waals surface area (Å²) in [5, 5.41) is 6.73. The number of rotatable bonds is 8. The fraction of sp³-hybridized carbons (Fsp3) is 0.632. The fourth-order valence-corrected chi connectivity index (χ4v) is 2.17. The summed E-state index contributed by atoms with van der Waals surface area (Å²) < 4.78 is 5.44. The van der Waals surface area contributed by atoms with E-state index in [-0.39, 0.29) is 5.54 Å². The number of nitrogens with one attached hydrogen (secondary N) is 2. The number of nitrogens with zero attached hydrogens (tertiary/aromatic N) is 2. The first-order chi connectivity index (χ1) is 11.3. The standard InChI is InChI=1S/C19H34N4O/c1-8-20-18(22-14-19(3,4)23(5)6)21-12-11-16-13-15(2)9-10-17(16)24-7/h9-10,13H,8,11-12,14H2,1-7H3,(H2,20,21,22). The van der Waals surface area contributed by atoms with Crippen LogP contribution in [0.1, 0.15) is 31.9 Å². The smallest absolute Gasteiger partial charge is 0.191 e. The van der Waals surface area contributed by atoms with Gasteiger partial charge in [-0.25, -0.2) is 0 Å². The van der Waals surface area contributed by atoms with Crippen LogP contribution in [0, 0.1) is 6.92 Å². The van der Waals surface area contributed by atoms with Gasteiger partial charge in [-0.3, -0.25) is 4.99 Å². The third kappa shape index (κ3) is 6.40. The van der Waals surface area contributed by atoms with Crippen LogP contribution in [-0.2, 0) is 6.42 Å². The molecule has 5 nitrogen and oxygen atoms in total. The summed E-state index contributed by atoms with van der Waals surface area (Å²) in [6, 6.07) is 6.29. The molecule has 0 aliphatic heterocycles. The van der Waals surface area contributed by atoms with Crippen molar-refractivity contribution in [2.45, 2.75) is 39.7 Å². The Morgan fingerprint density at radius 3 is 2.54 bits per heavy atom. The zero-order valence-corrected chi connectivity index (χ0v) is 16.4. The molecule has 24 heavy (non-hydrogen) atoms. The highest BCUT2D eigenvalue weighted by molar-refractivity contribution is 5.79. The monoisotopic (exact) mass is 334 g/mol. The highest BCUT2D eigenvalue weighted by Gasteiger charge is 2.19. The fourth-order valence-electron chi connectivity index (χ4n) is 2.17. The molecule has 0 saturated carbocycles. The van der Waals surface area contributed by atoms with Crippen molar-refractivity contribution in [1.29, 1.82) is 0 Å². The Balaban J connectivity index is 2.66. The molecule has 2 N–H and O–H groups in total. The van der Waals surface area contributed by atoms with Crippen molar-refractivity contribution < 1.29 is 4.74 Å². The second-order valence-electron chi connectivity index (χ2n) is 6.89. The Kier molecular flexibility index (Phi) is 8.05. The Labute approximate surface area is 147 Å². The van der Waals surface area contributed by atoms with Crippen LogP contribution >= 0.6 is 0 Å². The molecule has 1 rings (SSSR count). The molecule has 0 radical (unpaired) electrons. The third-order valence-corrected chi connectivity index (χ3v) is 4.30. The van der Waals surface area contributed by atoms with Crippen molar-refractivity contribution in [2.24, 2.45) is 4.99 Å². The van der Waals surface area contributed by atoms with E-state index in [0.717, 1.165) is 37.8 Å². The Bertz CT molecular complexity index is 538. The molecule has 136 valence electrons. The van der Waals surface area contributed by atoms with Crippen molar-refractivity contribution in [1.82, 2.24) is 15.5 Å². The number of aliphatic imine (C=N–C) groups is 1. The van der Waals surface area contributed by atoms with E-state index < -0.39 is 0 Å². The molecule has 0 atom stereocenters. The van der Waals surface area contributed by atoms with Crippen LogP contribution in [0.3, 0.4) is 0 Å². The van der Waals surface area contributed by atoms with Gasteiger partial charge in [0.25, 0.3) is 0 Å². The Morgan fingerprint density at radius 1 is 1.25 bits per heavy atom. The van der Waals surface area contributed by atoms with Gasteiger partial charge < -0.3 is 20.3 Å². The van der Waals surface area contributed by atoms with E-state index in [1.54, 1.807) is 7.11 Å². The van der Waals surface area contributed by atoms with E-state index in [1.165, 1.54) is 11.1 Å². The van der Waals surface area contributed by atoms with Gasteiger partial charge in [0.05, 0.1) is 13.7 Å². The van der Waals surface area contributed by atoms with Crippen LogP contribution in [0.15, 0.2) is 23.2 Å². The summed E-state index contributed by atoms with van der Waals surface area (Å²) in [4.78, 5) is 6.91. The van der Waals surface area contributed by atoms with E-state index in [0.29, 0.717) is 0 Å². The number of guanidine groups is 1. The van der Waals surface area contributed by atoms with Crippen molar-refractivity contribution in [2.75, 3.05) is 40.8 Å². The maximum absolute atomic E-state index is 5.44. The van der Waals surface area contributed by atoms with Crippen LogP contribution in [0.25, 0.3) is 0 Å². The zero-order valence-electron chi connectivity index (χ0n) is 16.4. The Hall–Kier alpha value is -1.75. The largest absolute Gasteiger partial charge is 0.496 e. The average molecular weight is 335 g/mol. The molecule has 1 aromatic carbocycles. The lowest BCUT2D eigenvalue weighted by Crippen LogP contribution is -2.44. The van der Waals surface area contributed by atoms with E-state index in [1.807, 2.05) is 6.07 Å². The summed E-state index contributed by atoms with van der Waals surface area (Å²) in [6.45, 7) is 11.0. The highest BCUT2D eigenvalue weighted by atomic mass is 16.5. The third-order valence-electron chi connectivity index (χ3n) is 4.30. The molecule has 5 heteroatoms. The van der Waals surface area contributed by atoms with E-state index in [2.05, 4.69) is 69.5 Å². The van der Waals surface area contributed by atoms with Gasteiger partial charge >= 0.3 is 0 Å². The number of benzene rings is 1. The first-order valence-corrected chi connectivity index (χ1v) is 8.63. The molecule has 0 aliphatic carbocycles. The molecule has 0 saturated heterocycles. The van der Waals surface area contributed by atoms with Crippen LogP contribution in [-0.4, -0.2) is 57.2 Å². The van der Waals surface area contributed by atoms with E-state index in [9.17, 15) is 0 Å². The predicted molar refractivity (Wildman–Crippen MR) is 103 cm³/mol. The average Bonchev–Trinajstić information content (AvgIpc) is 2.52. The minimum atomic E-state index is 0.0299. The molecule has 0 aliphatic rings. The van der Waals surface area contributed by atoms with Gasteiger partial charge in [-0.15, -0.1) is 0 Å². The van der Waals surface area contributed by atoms with Crippen molar-refractivity contribution in [3.63, 3.8) is 0 Å². The molecular weight excluding hydrogens is 300 g/mol. The Morgan fingerprint density at radius 2 is 1.96 bits per heavy atom. The molecule has 1 aromatic rings. The SMILES string of the molecule is CCNC(=NCC(C)(C)N(C)C)NCCc1cc(C)ccc1OC. The quantitative estimate of drug-likeness (QED) is 0.566. The van der Waals surface area contributed by atoms with Crippen LogP contribution in [0.5, 0.6) is 5.75 Å². The molecule has 0 heterocycles. The highest BCUT2D eigenvalue weighted by Crippen LogP contribution is 2.19. The number of hydrogen-bond acceptors (Lipinski definition) is 3. The van der Waals surface area contributed by atoms with Gasteiger partial charge in [-0.2, -0.15) is 0 Å². The van der Waals surface area contributed by atoms with Crippen LogP contribution in [0.2, 0.25) is 0 Å². The lowest BCUT2D eigenvalue weighted by Gasteiger charge is -2.31. The number of methoxy groups -OCH3 is 1. The molecule has 0 aromatic heterocycles. The summed E-state index contributed by atoms with van der Waals surface area (Å²) >= 11 is 0. The van der Waals surface area contributed by atoms with E-state index in [4.69, 9.17) is 9.73 Å². The van der Waals surface area contributed by atoms with Crippen LogP contribution in [0.4, 0.5) is 0 Å². The zero-order chi connectivity index (χ0) is 18.2. The number of likely N-dealkylation sites (N-methyl/N-ethyl adjacent to an activating group) is 1. The molecule has 0 bridgehead atoms. The maximum Gasteiger partial charge on any atom is 0.191 e. The van der Waals surface area contributed by atoms with Crippen molar-refractivity contribution in [3.8, 4) is 5.75 Å². The molecule has 0 spiro atoms. The van der Waals surface area contributed by atoms with E-state index >= 15 is 0 Å². The topological polar surface area (TPSA) is 48.9 Å².